The van der Waals surface area contributed by atoms with Crippen LogP contribution in [0.1, 0.15) is 18.9 Å². The minimum Gasteiger partial charge on any atom is -0.326 e. The highest BCUT2D eigenvalue weighted by Gasteiger charge is 2.36. The maximum Gasteiger partial charge on any atom is 0.237 e. The van der Waals surface area contributed by atoms with E-state index in [1.165, 1.54) is 4.90 Å². The van der Waals surface area contributed by atoms with Crippen LogP contribution in [-0.2, 0) is 16.1 Å². The largest absolute Gasteiger partial charge is 0.326 e. The molecule has 2 N–H and O–H groups in total. The van der Waals surface area contributed by atoms with Crippen LogP contribution in [0.15, 0.2) is 24.3 Å². The zero-order chi connectivity index (χ0) is 11.7. The third-order valence-corrected chi connectivity index (χ3v) is 2.80. The molecule has 4 nitrogen and oxygen atoms in total. The Morgan fingerprint density at radius 3 is 2.38 bits per heavy atom. The molecule has 2 amide bonds. The Morgan fingerprint density at radius 2 is 1.94 bits per heavy atom. The molecule has 1 unspecified atom stereocenters. The van der Waals surface area contributed by atoms with Gasteiger partial charge in [-0.2, -0.15) is 0 Å². The third-order valence-electron chi connectivity index (χ3n) is 2.80. The highest BCUT2D eigenvalue weighted by molar-refractivity contribution is 6.20. The number of amides is 2. The maximum absolute atomic E-state index is 11.8. The Hall–Kier alpha value is -1.68. The predicted molar refractivity (Wildman–Crippen MR) is 60.6 cm³/mol. The van der Waals surface area contributed by atoms with Gasteiger partial charge in [-0.25, -0.2) is 0 Å². The van der Waals surface area contributed by atoms with Crippen molar-refractivity contribution in [2.45, 2.75) is 19.9 Å². The molecular weight excluding hydrogens is 204 g/mol. The van der Waals surface area contributed by atoms with Gasteiger partial charge in [0, 0.05) is 18.9 Å². The van der Waals surface area contributed by atoms with Gasteiger partial charge in [0.2, 0.25) is 11.8 Å². The SMILES string of the molecule is CC1CC(=O)N(c2ccc(CN)cc2)C1=O. The van der Waals surface area contributed by atoms with E-state index in [9.17, 15) is 9.59 Å². The summed E-state index contributed by atoms with van der Waals surface area (Å²) in [5.41, 5.74) is 7.10. The summed E-state index contributed by atoms with van der Waals surface area (Å²) in [6.45, 7) is 2.23. The van der Waals surface area contributed by atoms with E-state index < -0.39 is 0 Å². The average molecular weight is 218 g/mol. The second kappa shape index (κ2) is 4.06. The molecule has 4 heteroatoms. The number of rotatable bonds is 2. The van der Waals surface area contributed by atoms with Crippen molar-refractivity contribution >= 4 is 17.5 Å². The number of hydrogen-bond acceptors (Lipinski definition) is 3. The normalized spacial score (nSPS) is 20.6. The molecule has 1 atom stereocenters. The lowest BCUT2D eigenvalue weighted by Crippen LogP contribution is -2.29. The Kier molecular flexibility index (Phi) is 2.75. The lowest BCUT2D eigenvalue weighted by Gasteiger charge is -2.14. The molecule has 84 valence electrons. The highest BCUT2D eigenvalue weighted by Crippen LogP contribution is 2.26. The Morgan fingerprint density at radius 1 is 1.31 bits per heavy atom. The van der Waals surface area contributed by atoms with Crippen LogP contribution in [0.2, 0.25) is 0 Å². The fourth-order valence-corrected chi connectivity index (χ4v) is 1.84. The van der Waals surface area contributed by atoms with E-state index in [0.717, 1.165) is 5.56 Å². The highest BCUT2D eigenvalue weighted by atomic mass is 16.2. The number of carbonyl (C=O) groups excluding carboxylic acids is 2. The number of carbonyl (C=O) groups is 2. The summed E-state index contributed by atoms with van der Waals surface area (Å²) in [5, 5.41) is 0. The van der Waals surface area contributed by atoms with Crippen molar-refractivity contribution < 1.29 is 9.59 Å². The Balaban J connectivity index is 2.30. The van der Waals surface area contributed by atoms with E-state index in [1.807, 2.05) is 12.1 Å². The molecule has 0 spiro atoms. The summed E-state index contributed by atoms with van der Waals surface area (Å²) in [7, 11) is 0. The first-order valence-corrected chi connectivity index (χ1v) is 5.29. The predicted octanol–water partition coefficient (Wildman–Crippen LogP) is 1.04. The molecule has 0 bridgehead atoms. The van der Waals surface area contributed by atoms with Gasteiger partial charge >= 0.3 is 0 Å². The summed E-state index contributed by atoms with van der Waals surface area (Å²) in [6, 6.07) is 7.18. The number of benzene rings is 1. The monoisotopic (exact) mass is 218 g/mol. The second-order valence-electron chi connectivity index (χ2n) is 4.04. The number of nitrogens with zero attached hydrogens (tertiary/aromatic N) is 1. The van der Waals surface area contributed by atoms with Crippen molar-refractivity contribution in [2.75, 3.05) is 4.90 Å². The van der Waals surface area contributed by atoms with Gasteiger partial charge < -0.3 is 5.73 Å². The summed E-state index contributed by atoms with van der Waals surface area (Å²) >= 11 is 0. The van der Waals surface area contributed by atoms with Crippen LogP contribution < -0.4 is 10.6 Å². The lowest BCUT2D eigenvalue weighted by molar-refractivity contribution is -0.122. The van der Waals surface area contributed by atoms with Crippen molar-refractivity contribution in [3.63, 3.8) is 0 Å². The molecule has 1 aliphatic rings. The van der Waals surface area contributed by atoms with E-state index >= 15 is 0 Å². The zero-order valence-electron chi connectivity index (χ0n) is 9.14. The molecule has 1 aromatic rings. The van der Waals surface area contributed by atoms with Gasteiger partial charge in [0.05, 0.1) is 5.69 Å². The van der Waals surface area contributed by atoms with Gasteiger partial charge in [-0.1, -0.05) is 19.1 Å². The van der Waals surface area contributed by atoms with Crippen molar-refractivity contribution in [2.24, 2.45) is 11.7 Å². The fraction of sp³-hybridized carbons (Fsp3) is 0.333. The van der Waals surface area contributed by atoms with E-state index in [4.69, 9.17) is 5.73 Å². The minimum atomic E-state index is -0.207. The molecule has 1 saturated heterocycles. The zero-order valence-corrected chi connectivity index (χ0v) is 9.14. The van der Waals surface area contributed by atoms with Crippen LogP contribution in [0.4, 0.5) is 5.69 Å². The van der Waals surface area contributed by atoms with E-state index in [2.05, 4.69) is 0 Å². The number of hydrogen-bond donors (Lipinski definition) is 1. The Labute approximate surface area is 94.0 Å². The average Bonchev–Trinajstić information content (AvgIpc) is 2.54. The smallest absolute Gasteiger partial charge is 0.237 e. The van der Waals surface area contributed by atoms with Crippen LogP contribution in [0.3, 0.4) is 0 Å². The Bertz CT molecular complexity index is 425. The molecule has 0 saturated carbocycles. The second-order valence-corrected chi connectivity index (χ2v) is 4.04. The molecule has 1 aliphatic heterocycles. The van der Waals surface area contributed by atoms with Gasteiger partial charge in [0.25, 0.3) is 0 Å². The van der Waals surface area contributed by atoms with Gasteiger partial charge in [0.15, 0.2) is 0 Å². The maximum atomic E-state index is 11.8. The first-order valence-electron chi connectivity index (χ1n) is 5.29. The fourth-order valence-electron chi connectivity index (χ4n) is 1.84. The molecule has 1 aromatic carbocycles. The molecule has 16 heavy (non-hydrogen) atoms. The third kappa shape index (κ3) is 1.72. The summed E-state index contributed by atoms with van der Waals surface area (Å²) < 4.78 is 0. The summed E-state index contributed by atoms with van der Waals surface area (Å²) in [5.74, 6) is -0.454. The quantitative estimate of drug-likeness (QED) is 0.754. The van der Waals surface area contributed by atoms with E-state index in [-0.39, 0.29) is 17.7 Å². The molecule has 1 heterocycles. The first-order chi connectivity index (χ1) is 7.63. The standard InChI is InChI=1S/C12H14N2O2/c1-8-6-11(15)14(12(8)16)10-4-2-9(7-13)3-5-10/h2-5,8H,6-7,13H2,1H3. The van der Waals surface area contributed by atoms with Crippen molar-refractivity contribution in [1.29, 1.82) is 0 Å². The van der Waals surface area contributed by atoms with Crippen LogP contribution in [-0.4, -0.2) is 11.8 Å². The molecule has 0 aromatic heterocycles. The van der Waals surface area contributed by atoms with Crippen molar-refractivity contribution in [3.8, 4) is 0 Å². The summed E-state index contributed by atoms with van der Waals surface area (Å²) in [6.07, 6.45) is 0.303. The number of anilines is 1. The van der Waals surface area contributed by atoms with E-state index in [1.54, 1.807) is 19.1 Å². The van der Waals surface area contributed by atoms with Crippen LogP contribution in [0, 0.1) is 5.92 Å². The molecule has 2 rings (SSSR count). The van der Waals surface area contributed by atoms with Crippen LogP contribution >= 0.6 is 0 Å². The van der Waals surface area contributed by atoms with Gasteiger partial charge in [-0.05, 0) is 17.7 Å². The molecule has 1 fully saturated rings. The molecule has 0 aliphatic carbocycles. The van der Waals surface area contributed by atoms with E-state index in [0.29, 0.717) is 18.7 Å². The van der Waals surface area contributed by atoms with Gasteiger partial charge in [0.1, 0.15) is 0 Å². The molecular formula is C12H14N2O2. The molecule has 0 radical (unpaired) electrons. The van der Waals surface area contributed by atoms with Crippen molar-refractivity contribution in [1.82, 2.24) is 0 Å². The van der Waals surface area contributed by atoms with Crippen LogP contribution in [0.5, 0.6) is 0 Å². The topological polar surface area (TPSA) is 63.4 Å². The van der Waals surface area contributed by atoms with Gasteiger partial charge in [-0.15, -0.1) is 0 Å². The van der Waals surface area contributed by atoms with Crippen molar-refractivity contribution in [3.05, 3.63) is 29.8 Å². The summed E-state index contributed by atoms with van der Waals surface area (Å²) in [4.78, 5) is 24.6. The first kappa shape index (κ1) is 10.8. The van der Waals surface area contributed by atoms with Gasteiger partial charge in [-0.3, -0.25) is 14.5 Å². The number of nitrogens with two attached hydrogens (primary N) is 1. The lowest BCUT2D eigenvalue weighted by atomic mass is 10.1. The minimum absolute atomic E-state index is 0.120. The van der Waals surface area contributed by atoms with Crippen LogP contribution in [0.25, 0.3) is 0 Å². The number of imide groups is 1.